The fraction of sp³-hybridized carbons (Fsp3) is 0.200. The first-order valence-electron chi connectivity index (χ1n) is 10.3. The van der Waals surface area contributed by atoms with E-state index in [-0.39, 0.29) is 5.75 Å². The molecule has 0 unspecified atom stereocenters. The Hall–Kier alpha value is -4.00. The summed E-state index contributed by atoms with van der Waals surface area (Å²) >= 11 is 0. The van der Waals surface area contributed by atoms with Crippen LogP contribution in [0.5, 0.6) is 23.0 Å². The minimum absolute atomic E-state index is 0.0477. The van der Waals surface area contributed by atoms with E-state index in [2.05, 4.69) is 10.5 Å². The smallest absolute Gasteiger partial charge is 0.280 e. The van der Waals surface area contributed by atoms with E-state index in [1.54, 1.807) is 43.3 Å². The Balaban J connectivity index is 1.47. The zero-order valence-electron chi connectivity index (χ0n) is 18.0. The summed E-state index contributed by atoms with van der Waals surface area (Å²) in [5, 5.41) is 13.7. The molecule has 1 amide bonds. The van der Waals surface area contributed by atoms with Crippen LogP contribution in [0.4, 0.5) is 0 Å². The number of hydrogen-bond acceptors (Lipinski definition) is 6. The fourth-order valence-electron chi connectivity index (χ4n) is 2.76. The zero-order valence-corrected chi connectivity index (χ0v) is 18.0. The number of rotatable bonds is 10. The highest BCUT2D eigenvalue weighted by atomic mass is 16.5. The monoisotopic (exact) mass is 434 g/mol. The first-order valence-corrected chi connectivity index (χ1v) is 10.3. The summed E-state index contributed by atoms with van der Waals surface area (Å²) in [7, 11) is 0. The Kier molecular flexibility index (Phi) is 8.09. The van der Waals surface area contributed by atoms with Crippen molar-refractivity contribution >= 4 is 12.1 Å². The standard InChI is InChI=1S/C25H26N2O5/c1-3-30-24-15-20(9-14-23(24)28)16-26-27-25(29)18(2)32-22-12-10-21(11-13-22)31-17-19-7-5-4-6-8-19/h4-16,18,28H,3,17H2,1-2H3,(H,27,29)/b26-16-/t18-/m0/s1. The van der Waals surface area contributed by atoms with E-state index in [1.165, 1.54) is 12.3 Å². The number of carbonyl (C=O) groups is 1. The highest BCUT2D eigenvalue weighted by Crippen LogP contribution is 2.26. The molecule has 0 radical (unpaired) electrons. The topological polar surface area (TPSA) is 89.4 Å². The Morgan fingerprint density at radius 1 is 1.03 bits per heavy atom. The maximum Gasteiger partial charge on any atom is 0.280 e. The van der Waals surface area contributed by atoms with E-state index >= 15 is 0 Å². The number of ether oxygens (including phenoxy) is 3. The highest BCUT2D eigenvalue weighted by Gasteiger charge is 2.14. The number of phenolic OH excluding ortho intramolecular Hbond substituents is 1. The van der Waals surface area contributed by atoms with Gasteiger partial charge in [0.1, 0.15) is 18.1 Å². The van der Waals surface area contributed by atoms with Gasteiger partial charge in [-0.05, 0) is 67.4 Å². The molecule has 0 aliphatic heterocycles. The average Bonchev–Trinajstić information content (AvgIpc) is 2.81. The van der Waals surface area contributed by atoms with Gasteiger partial charge in [-0.1, -0.05) is 30.3 Å². The number of nitrogens with one attached hydrogen (secondary N) is 1. The maximum atomic E-state index is 12.2. The van der Waals surface area contributed by atoms with Crippen molar-refractivity contribution < 1.29 is 24.1 Å². The van der Waals surface area contributed by atoms with Gasteiger partial charge in [0.15, 0.2) is 17.6 Å². The Bertz CT molecular complexity index is 1040. The van der Waals surface area contributed by atoms with Crippen molar-refractivity contribution in [1.82, 2.24) is 5.43 Å². The number of hydrazone groups is 1. The molecule has 0 aliphatic rings. The second-order valence-electron chi connectivity index (χ2n) is 6.90. The summed E-state index contributed by atoms with van der Waals surface area (Å²) in [5.74, 6) is 1.27. The molecule has 1 atom stereocenters. The second-order valence-corrected chi connectivity index (χ2v) is 6.90. The van der Waals surface area contributed by atoms with Crippen LogP contribution in [-0.4, -0.2) is 29.9 Å². The SMILES string of the molecule is CCOc1cc(/C=N\NC(=O)[C@H](C)Oc2ccc(OCc3ccccc3)cc2)ccc1O. The number of hydrogen-bond donors (Lipinski definition) is 2. The third kappa shape index (κ3) is 6.77. The molecule has 0 heterocycles. The number of carbonyl (C=O) groups excluding carboxylic acids is 1. The second kappa shape index (κ2) is 11.4. The summed E-state index contributed by atoms with van der Waals surface area (Å²) in [4.78, 5) is 12.2. The molecule has 3 aromatic carbocycles. The van der Waals surface area contributed by atoms with Crippen LogP contribution in [0.2, 0.25) is 0 Å². The average molecular weight is 434 g/mol. The largest absolute Gasteiger partial charge is 0.504 e. The molecule has 0 spiro atoms. The molecule has 0 fully saturated rings. The predicted octanol–water partition coefficient (Wildman–Crippen LogP) is 4.29. The maximum absolute atomic E-state index is 12.2. The molecule has 7 nitrogen and oxygen atoms in total. The van der Waals surface area contributed by atoms with E-state index in [4.69, 9.17) is 14.2 Å². The van der Waals surface area contributed by atoms with Gasteiger partial charge in [0, 0.05) is 0 Å². The molecule has 166 valence electrons. The van der Waals surface area contributed by atoms with Crippen molar-refractivity contribution in [3.8, 4) is 23.0 Å². The van der Waals surface area contributed by atoms with Crippen molar-refractivity contribution in [2.75, 3.05) is 6.61 Å². The van der Waals surface area contributed by atoms with Crippen molar-refractivity contribution in [2.45, 2.75) is 26.6 Å². The lowest BCUT2D eigenvalue weighted by molar-refractivity contribution is -0.127. The molecule has 2 N–H and O–H groups in total. The summed E-state index contributed by atoms with van der Waals surface area (Å²) in [6, 6.07) is 21.8. The molecule has 0 saturated carbocycles. The molecule has 32 heavy (non-hydrogen) atoms. The van der Waals surface area contributed by atoms with Gasteiger partial charge < -0.3 is 19.3 Å². The van der Waals surface area contributed by atoms with Gasteiger partial charge in [-0.15, -0.1) is 0 Å². The van der Waals surface area contributed by atoms with E-state index in [0.717, 1.165) is 5.56 Å². The number of amides is 1. The van der Waals surface area contributed by atoms with Gasteiger partial charge in [-0.2, -0.15) is 5.10 Å². The van der Waals surface area contributed by atoms with Gasteiger partial charge in [0.2, 0.25) is 0 Å². The number of aromatic hydroxyl groups is 1. The van der Waals surface area contributed by atoms with Gasteiger partial charge in [-0.3, -0.25) is 4.79 Å². The van der Waals surface area contributed by atoms with E-state index in [9.17, 15) is 9.90 Å². The molecule has 0 saturated heterocycles. The van der Waals surface area contributed by atoms with Crippen molar-refractivity contribution in [3.05, 3.63) is 83.9 Å². The third-order valence-electron chi connectivity index (χ3n) is 4.43. The predicted molar refractivity (Wildman–Crippen MR) is 122 cm³/mol. The Morgan fingerprint density at radius 2 is 1.75 bits per heavy atom. The van der Waals surface area contributed by atoms with Crippen LogP contribution in [0.25, 0.3) is 0 Å². The molecular formula is C25H26N2O5. The van der Waals surface area contributed by atoms with Gasteiger partial charge in [0.05, 0.1) is 12.8 Å². The fourth-order valence-corrected chi connectivity index (χ4v) is 2.76. The highest BCUT2D eigenvalue weighted by molar-refractivity contribution is 5.84. The Morgan fingerprint density at radius 3 is 2.47 bits per heavy atom. The van der Waals surface area contributed by atoms with Gasteiger partial charge in [0.25, 0.3) is 5.91 Å². The van der Waals surface area contributed by atoms with E-state index < -0.39 is 12.0 Å². The van der Waals surface area contributed by atoms with Crippen LogP contribution in [0.1, 0.15) is 25.0 Å². The summed E-state index contributed by atoms with van der Waals surface area (Å²) in [6.07, 6.45) is 0.716. The molecule has 0 bridgehead atoms. The van der Waals surface area contributed by atoms with Crippen LogP contribution < -0.4 is 19.6 Å². The van der Waals surface area contributed by atoms with Crippen LogP contribution in [0.15, 0.2) is 77.9 Å². The number of nitrogens with zero attached hydrogens (tertiary/aromatic N) is 1. The summed E-state index contributed by atoms with van der Waals surface area (Å²) in [6.45, 7) is 4.37. The van der Waals surface area contributed by atoms with Crippen LogP contribution in [0, 0.1) is 0 Å². The molecular weight excluding hydrogens is 408 g/mol. The third-order valence-corrected chi connectivity index (χ3v) is 4.43. The zero-order chi connectivity index (χ0) is 22.8. The molecule has 3 rings (SSSR count). The van der Waals surface area contributed by atoms with Crippen molar-refractivity contribution in [1.29, 1.82) is 0 Å². The number of phenols is 1. The minimum Gasteiger partial charge on any atom is -0.504 e. The first kappa shape index (κ1) is 22.7. The van der Waals surface area contributed by atoms with E-state index in [0.29, 0.717) is 36.0 Å². The van der Waals surface area contributed by atoms with Crippen LogP contribution in [0.3, 0.4) is 0 Å². The van der Waals surface area contributed by atoms with Gasteiger partial charge >= 0.3 is 0 Å². The Labute approximate surface area is 187 Å². The first-order chi connectivity index (χ1) is 15.5. The van der Waals surface area contributed by atoms with E-state index in [1.807, 2.05) is 37.3 Å². The minimum atomic E-state index is -0.748. The summed E-state index contributed by atoms with van der Waals surface area (Å²) < 4.78 is 16.7. The van der Waals surface area contributed by atoms with Crippen LogP contribution in [-0.2, 0) is 11.4 Å². The lowest BCUT2D eigenvalue weighted by Crippen LogP contribution is -2.33. The van der Waals surface area contributed by atoms with Crippen LogP contribution >= 0.6 is 0 Å². The molecule has 7 heteroatoms. The van der Waals surface area contributed by atoms with Crippen molar-refractivity contribution in [2.24, 2.45) is 5.10 Å². The lowest BCUT2D eigenvalue weighted by Gasteiger charge is -2.13. The van der Waals surface area contributed by atoms with Crippen molar-refractivity contribution in [3.63, 3.8) is 0 Å². The molecule has 0 aliphatic carbocycles. The normalized spacial score (nSPS) is 11.7. The molecule has 0 aromatic heterocycles. The summed E-state index contributed by atoms with van der Waals surface area (Å²) in [5.41, 5.74) is 4.20. The lowest BCUT2D eigenvalue weighted by atomic mass is 10.2. The quantitative estimate of drug-likeness (QED) is 0.367. The molecule has 3 aromatic rings. The van der Waals surface area contributed by atoms with Gasteiger partial charge in [-0.25, -0.2) is 5.43 Å². The number of benzene rings is 3.